The summed E-state index contributed by atoms with van der Waals surface area (Å²) in [7, 11) is 0. The van der Waals surface area contributed by atoms with Crippen molar-refractivity contribution in [2.24, 2.45) is 0 Å². The molecule has 0 amide bonds. The van der Waals surface area contributed by atoms with Crippen LogP contribution in [0.4, 0.5) is 5.69 Å². The largest absolute Gasteiger partial charge is 0.399 e. The minimum atomic E-state index is 0.846. The first-order valence-corrected chi connectivity index (χ1v) is 7.55. The molecule has 17 heavy (non-hydrogen) atoms. The second kappa shape index (κ2) is 5.61. The molecule has 90 valence electrons. The van der Waals surface area contributed by atoms with Crippen LogP contribution in [0.1, 0.15) is 22.2 Å². The number of hydrogen-bond donors (Lipinski definition) is 1. The topological polar surface area (TPSA) is 26.0 Å². The molecule has 1 aromatic carbocycles. The number of rotatable bonds is 4. The van der Waals surface area contributed by atoms with Crippen LogP contribution >= 0.6 is 23.1 Å². The zero-order valence-corrected chi connectivity index (χ0v) is 11.8. The van der Waals surface area contributed by atoms with E-state index in [4.69, 9.17) is 5.73 Å². The van der Waals surface area contributed by atoms with Gasteiger partial charge in [-0.25, -0.2) is 0 Å². The highest BCUT2D eigenvalue weighted by Gasteiger charge is 2.03. The summed E-state index contributed by atoms with van der Waals surface area (Å²) in [5, 5.41) is 0. The summed E-state index contributed by atoms with van der Waals surface area (Å²) in [4.78, 5) is 4.19. The molecule has 1 nitrogen and oxygen atoms in total. The number of benzene rings is 1. The Morgan fingerprint density at radius 1 is 1.18 bits per heavy atom. The summed E-state index contributed by atoms with van der Waals surface area (Å²) in [5.41, 5.74) is 7.96. The van der Waals surface area contributed by atoms with Crippen LogP contribution in [0.5, 0.6) is 0 Å². The Balaban J connectivity index is 2.04. The second-order valence-corrected chi connectivity index (χ2v) is 6.31. The third-order valence-electron chi connectivity index (χ3n) is 2.65. The first-order chi connectivity index (χ1) is 8.19. The molecule has 0 radical (unpaired) electrons. The molecule has 1 heterocycles. The molecule has 1 aromatic heterocycles. The molecule has 0 aliphatic carbocycles. The number of nitrogen functional groups attached to an aromatic ring is 1. The standard InChI is InChI=1S/C14H17NS2/c1-3-12-6-7-13(17-12)9-16-14-8-11(15)5-4-10(14)2/h4-8H,3,9,15H2,1-2H3. The van der Waals surface area contributed by atoms with Gasteiger partial charge in [0.1, 0.15) is 0 Å². The Bertz CT molecular complexity index is 503. The van der Waals surface area contributed by atoms with Crippen molar-refractivity contribution in [1.29, 1.82) is 0 Å². The van der Waals surface area contributed by atoms with Gasteiger partial charge in [-0.3, -0.25) is 0 Å². The zero-order chi connectivity index (χ0) is 12.3. The third kappa shape index (κ3) is 3.27. The van der Waals surface area contributed by atoms with Crippen LogP contribution < -0.4 is 5.73 Å². The van der Waals surface area contributed by atoms with Gasteiger partial charge in [-0.15, -0.1) is 23.1 Å². The molecule has 0 atom stereocenters. The monoisotopic (exact) mass is 263 g/mol. The lowest BCUT2D eigenvalue weighted by molar-refractivity contribution is 1.19. The van der Waals surface area contributed by atoms with Gasteiger partial charge in [-0.05, 0) is 43.2 Å². The van der Waals surface area contributed by atoms with E-state index < -0.39 is 0 Å². The van der Waals surface area contributed by atoms with Gasteiger partial charge in [0.25, 0.3) is 0 Å². The molecule has 3 heteroatoms. The van der Waals surface area contributed by atoms with Gasteiger partial charge in [0, 0.05) is 26.1 Å². The van der Waals surface area contributed by atoms with Gasteiger partial charge in [0.15, 0.2) is 0 Å². The Morgan fingerprint density at radius 3 is 2.65 bits per heavy atom. The van der Waals surface area contributed by atoms with E-state index in [2.05, 4.69) is 38.1 Å². The van der Waals surface area contributed by atoms with Crippen LogP contribution in [0.3, 0.4) is 0 Å². The van der Waals surface area contributed by atoms with Crippen molar-refractivity contribution >= 4 is 28.8 Å². The average Bonchev–Trinajstić information content (AvgIpc) is 2.78. The van der Waals surface area contributed by atoms with Crippen molar-refractivity contribution in [3.63, 3.8) is 0 Å². The summed E-state index contributed by atoms with van der Waals surface area (Å²) < 4.78 is 0. The molecule has 0 saturated heterocycles. The maximum Gasteiger partial charge on any atom is 0.0326 e. The lowest BCUT2D eigenvalue weighted by Crippen LogP contribution is -1.87. The normalized spacial score (nSPS) is 10.7. The third-order valence-corrected chi connectivity index (χ3v) is 5.27. The summed E-state index contributed by atoms with van der Waals surface area (Å²) >= 11 is 3.78. The lowest BCUT2D eigenvalue weighted by Gasteiger charge is -2.05. The first-order valence-electron chi connectivity index (χ1n) is 5.75. The molecular formula is C14H17NS2. The fourth-order valence-electron chi connectivity index (χ4n) is 1.61. The minimum absolute atomic E-state index is 0.846. The predicted octanol–water partition coefficient (Wildman–Crippen LogP) is 4.49. The Kier molecular flexibility index (Phi) is 4.13. The van der Waals surface area contributed by atoms with Crippen molar-refractivity contribution in [2.45, 2.75) is 30.9 Å². The van der Waals surface area contributed by atoms with Crippen LogP contribution in [0.2, 0.25) is 0 Å². The molecule has 2 N–H and O–H groups in total. The number of thiophene rings is 1. The first kappa shape index (κ1) is 12.5. The number of hydrogen-bond acceptors (Lipinski definition) is 3. The van der Waals surface area contributed by atoms with Crippen LogP contribution in [-0.2, 0) is 12.2 Å². The fourth-order valence-corrected chi connectivity index (χ4v) is 3.69. The maximum atomic E-state index is 5.81. The lowest BCUT2D eigenvalue weighted by atomic mass is 10.2. The Hall–Kier alpha value is -0.930. The highest BCUT2D eigenvalue weighted by Crippen LogP contribution is 2.30. The van der Waals surface area contributed by atoms with Crippen LogP contribution in [0.25, 0.3) is 0 Å². The van der Waals surface area contributed by atoms with E-state index in [9.17, 15) is 0 Å². The molecule has 0 aliphatic heterocycles. The summed E-state index contributed by atoms with van der Waals surface area (Å²) in [6.07, 6.45) is 1.13. The molecule has 0 fully saturated rings. The number of anilines is 1. The smallest absolute Gasteiger partial charge is 0.0326 e. The highest BCUT2D eigenvalue weighted by atomic mass is 32.2. The second-order valence-electron chi connectivity index (χ2n) is 4.04. The van der Waals surface area contributed by atoms with Crippen LogP contribution in [0.15, 0.2) is 35.2 Å². The number of nitrogens with two attached hydrogens (primary N) is 1. The van der Waals surface area contributed by atoms with E-state index in [-0.39, 0.29) is 0 Å². The fraction of sp³-hybridized carbons (Fsp3) is 0.286. The predicted molar refractivity (Wildman–Crippen MR) is 78.8 cm³/mol. The van der Waals surface area contributed by atoms with Gasteiger partial charge < -0.3 is 5.73 Å². The van der Waals surface area contributed by atoms with Crippen molar-refractivity contribution in [3.05, 3.63) is 45.6 Å². The van der Waals surface area contributed by atoms with E-state index in [1.165, 1.54) is 20.2 Å². The summed E-state index contributed by atoms with van der Waals surface area (Å²) in [6.45, 7) is 4.33. The number of aryl methyl sites for hydroxylation is 2. The van der Waals surface area contributed by atoms with E-state index in [0.717, 1.165) is 17.9 Å². The molecular weight excluding hydrogens is 246 g/mol. The van der Waals surface area contributed by atoms with Crippen LogP contribution in [-0.4, -0.2) is 0 Å². The van der Waals surface area contributed by atoms with Crippen molar-refractivity contribution in [3.8, 4) is 0 Å². The molecule has 0 spiro atoms. The van der Waals surface area contributed by atoms with Crippen LogP contribution in [0, 0.1) is 6.92 Å². The maximum absolute atomic E-state index is 5.81. The van der Waals surface area contributed by atoms with Gasteiger partial charge in [-0.1, -0.05) is 13.0 Å². The van der Waals surface area contributed by atoms with Gasteiger partial charge in [-0.2, -0.15) is 0 Å². The summed E-state index contributed by atoms with van der Waals surface area (Å²) in [6, 6.07) is 10.6. The highest BCUT2D eigenvalue weighted by molar-refractivity contribution is 7.98. The molecule has 0 unspecified atom stereocenters. The molecule has 2 aromatic rings. The van der Waals surface area contributed by atoms with Gasteiger partial charge in [0.2, 0.25) is 0 Å². The quantitative estimate of drug-likeness (QED) is 0.649. The minimum Gasteiger partial charge on any atom is -0.399 e. The SMILES string of the molecule is CCc1ccc(CSc2cc(N)ccc2C)s1. The molecule has 0 aliphatic rings. The van der Waals surface area contributed by atoms with E-state index in [1.807, 2.05) is 29.2 Å². The van der Waals surface area contributed by atoms with Crippen molar-refractivity contribution in [2.75, 3.05) is 5.73 Å². The molecule has 2 rings (SSSR count). The zero-order valence-electron chi connectivity index (χ0n) is 10.2. The van der Waals surface area contributed by atoms with Crippen molar-refractivity contribution < 1.29 is 0 Å². The van der Waals surface area contributed by atoms with E-state index in [0.29, 0.717) is 0 Å². The Labute approximate surface area is 111 Å². The van der Waals surface area contributed by atoms with E-state index in [1.54, 1.807) is 0 Å². The van der Waals surface area contributed by atoms with Gasteiger partial charge >= 0.3 is 0 Å². The average molecular weight is 263 g/mol. The van der Waals surface area contributed by atoms with Gasteiger partial charge in [0.05, 0.1) is 0 Å². The summed E-state index contributed by atoms with van der Waals surface area (Å²) in [5.74, 6) is 1.04. The Morgan fingerprint density at radius 2 is 1.94 bits per heavy atom. The number of thioether (sulfide) groups is 1. The van der Waals surface area contributed by atoms with Crippen molar-refractivity contribution in [1.82, 2.24) is 0 Å². The molecule has 0 bridgehead atoms. The van der Waals surface area contributed by atoms with E-state index >= 15 is 0 Å². The molecule has 0 saturated carbocycles.